The van der Waals surface area contributed by atoms with Crippen LogP contribution in [0, 0.1) is 5.92 Å². The van der Waals surface area contributed by atoms with Gasteiger partial charge < -0.3 is 19.9 Å². The molecule has 1 saturated carbocycles. The van der Waals surface area contributed by atoms with E-state index in [9.17, 15) is 4.79 Å². The Morgan fingerprint density at radius 3 is 2.82 bits per heavy atom. The number of amides is 1. The molecule has 28 heavy (non-hydrogen) atoms. The molecule has 4 rings (SSSR count). The summed E-state index contributed by atoms with van der Waals surface area (Å²) in [5, 5.41) is 4.90. The summed E-state index contributed by atoms with van der Waals surface area (Å²) < 4.78 is 5.47. The topological polar surface area (TPSA) is 57.4 Å². The second-order valence-electron chi connectivity index (χ2n) is 8.34. The van der Waals surface area contributed by atoms with Crippen LogP contribution < -0.4 is 5.32 Å². The third-order valence-electron chi connectivity index (χ3n) is 6.49. The number of nitrogens with zero attached hydrogens (tertiary/aromatic N) is 1. The molecule has 2 N–H and O–H groups in total. The summed E-state index contributed by atoms with van der Waals surface area (Å²) in [6.07, 6.45) is 6.91. The van der Waals surface area contributed by atoms with E-state index in [-0.39, 0.29) is 5.91 Å². The maximum Gasteiger partial charge on any atom is 0.270 e. The van der Waals surface area contributed by atoms with Crippen molar-refractivity contribution in [2.45, 2.75) is 57.5 Å². The molecule has 1 aromatic heterocycles. The lowest BCUT2D eigenvalue weighted by Gasteiger charge is -2.38. The molecule has 1 aromatic carbocycles. The molecule has 5 nitrogen and oxygen atoms in total. The molecule has 1 aliphatic heterocycles. The first-order chi connectivity index (χ1) is 13.7. The normalized spacial score (nSPS) is 23.8. The third kappa shape index (κ3) is 4.41. The lowest BCUT2D eigenvalue weighted by molar-refractivity contribution is 0.0583. The van der Waals surface area contributed by atoms with Crippen molar-refractivity contribution in [3.8, 4) is 0 Å². The standard InChI is InChI=1S/C23H33N3O2/c1-2-26(23(27)22-14-18-6-3-4-9-21(18)25-22)20-8-5-7-19(15-20)24-16-17-10-12-28-13-11-17/h3-4,6,9,14,17,19-20,24-25H,2,5,7-8,10-13,15-16H2,1H3/t19-,20?/m0/s1. The Morgan fingerprint density at radius 1 is 1.21 bits per heavy atom. The number of nitrogens with one attached hydrogen (secondary N) is 2. The van der Waals surface area contributed by atoms with Crippen molar-refractivity contribution >= 4 is 16.8 Å². The molecule has 2 aliphatic rings. The van der Waals surface area contributed by atoms with Crippen molar-refractivity contribution in [3.05, 3.63) is 36.0 Å². The molecule has 1 unspecified atom stereocenters. The second-order valence-corrected chi connectivity index (χ2v) is 8.34. The molecule has 152 valence electrons. The van der Waals surface area contributed by atoms with Gasteiger partial charge in [0.05, 0.1) is 0 Å². The van der Waals surface area contributed by atoms with Crippen LogP contribution in [0.15, 0.2) is 30.3 Å². The smallest absolute Gasteiger partial charge is 0.270 e. The average molecular weight is 384 g/mol. The van der Waals surface area contributed by atoms with Gasteiger partial charge in [0, 0.05) is 42.7 Å². The first-order valence-electron chi connectivity index (χ1n) is 10.9. The van der Waals surface area contributed by atoms with Gasteiger partial charge in [-0.3, -0.25) is 4.79 Å². The van der Waals surface area contributed by atoms with Gasteiger partial charge in [-0.05, 0) is 70.0 Å². The summed E-state index contributed by atoms with van der Waals surface area (Å²) in [6.45, 7) is 5.75. The average Bonchev–Trinajstić information content (AvgIpc) is 3.18. The van der Waals surface area contributed by atoms with Crippen molar-refractivity contribution in [1.82, 2.24) is 15.2 Å². The monoisotopic (exact) mass is 383 g/mol. The van der Waals surface area contributed by atoms with E-state index < -0.39 is 0 Å². The van der Waals surface area contributed by atoms with Gasteiger partial charge in [0.15, 0.2) is 0 Å². The number of aromatic nitrogens is 1. The zero-order valence-electron chi connectivity index (χ0n) is 17.0. The van der Waals surface area contributed by atoms with Gasteiger partial charge in [0.2, 0.25) is 0 Å². The van der Waals surface area contributed by atoms with Gasteiger partial charge in [-0.2, -0.15) is 0 Å². The predicted molar refractivity (Wildman–Crippen MR) is 113 cm³/mol. The number of H-pyrrole nitrogens is 1. The molecule has 1 saturated heterocycles. The molecule has 0 bridgehead atoms. The summed E-state index contributed by atoms with van der Waals surface area (Å²) >= 11 is 0. The van der Waals surface area contributed by atoms with Gasteiger partial charge in [-0.1, -0.05) is 18.2 Å². The number of rotatable bonds is 6. The van der Waals surface area contributed by atoms with Gasteiger partial charge in [0.1, 0.15) is 5.69 Å². The van der Waals surface area contributed by atoms with Crippen molar-refractivity contribution < 1.29 is 9.53 Å². The highest BCUT2D eigenvalue weighted by Gasteiger charge is 2.30. The van der Waals surface area contributed by atoms with Crippen LogP contribution in [0.4, 0.5) is 0 Å². The first-order valence-corrected chi connectivity index (χ1v) is 10.9. The van der Waals surface area contributed by atoms with E-state index in [0.29, 0.717) is 17.8 Å². The van der Waals surface area contributed by atoms with Gasteiger partial charge >= 0.3 is 0 Å². The fourth-order valence-electron chi connectivity index (χ4n) is 4.83. The summed E-state index contributed by atoms with van der Waals surface area (Å²) in [5.41, 5.74) is 1.74. The zero-order chi connectivity index (χ0) is 19.3. The Hall–Kier alpha value is -1.85. The Morgan fingerprint density at radius 2 is 2.04 bits per heavy atom. The van der Waals surface area contributed by atoms with Crippen LogP contribution in [0.2, 0.25) is 0 Å². The van der Waals surface area contributed by atoms with Crippen LogP contribution in [0.1, 0.15) is 55.9 Å². The van der Waals surface area contributed by atoms with Crippen molar-refractivity contribution in [3.63, 3.8) is 0 Å². The summed E-state index contributed by atoms with van der Waals surface area (Å²) in [7, 11) is 0. The van der Waals surface area contributed by atoms with Crippen molar-refractivity contribution in [2.75, 3.05) is 26.3 Å². The highest BCUT2D eigenvalue weighted by Crippen LogP contribution is 2.26. The van der Waals surface area contributed by atoms with E-state index in [0.717, 1.165) is 56.0 Å². The number of benzene rings is 1. The van der Waals surface area contributed by atoms with Crippen LogP contribution in [0.25, 0.3) is 10.9 Å². The van der Waals surface area contributed by atoms with Gasteiger partial charge in [-0.15, -0.1) is 0 Å². The number of carbonyl (C=O) groups is 1. The third-order valence-corrected chi connectivity index (χ3v) is 6.49. The lowest BCUT2D eigenvalue weighted by Crippen LogP contribution is -2.47. The molecular weight excluding hydrogens is 350 g/mol. The van der Waals surface area contributed by atoms with Crippen LogP contribution in [0.5, 0.6) is 0 Å². The van der Waals surface area contributed by atoms with Crippen LogP contribution >= 0.6 is 0 Å². The molecule has 0 spiro atoms. The fourth-order valence-corrected chi connectivity index (χ4v) is 4.83. The fraction of sp³-hybridized carbons (Fsp3) is 0.609. The minimum atomic E-state index is 0.133. The summed E-state index contributed by atoms with van der Waals surface area (Å²) in [4.78, 5) is 18.6. The molecule has 1 aliphatic carbocycles. The SMILES string of the molecule is CCN(C(=O)c1cc2ccccc2[nH]1)C1CCC[C@H](NCC2CCOCC2)C1. The van der Waals surface area contributed by atoms with Gasteiger partial charge in [0.25, 0.3) is 5.91 Å². The van der Waals surface area contributed by atoms with E-state index in [2.05, 4.69) is 28.2 Å². The van der Waals surface area contributed by atoms with Crippen LogP contribution in [0.3, 0.4) is 0 Å². The number of hydrogen-bond donors (Lipinski definition) is 2. The van der Waals surface area contributed by atoms with Gasteiger partial charge in [-0.25, -0.2) is 0 Å². The number of carbonyl (C=O) groups excluding carboxylic acids is 1. The molecule has 2 aromatic rings. The molecule has 2 fully saturated rings. The maximum absolute atomic E-state index is 13.2. The molecule has 1 amide bonds. The van der Waals surface area contributed by atoms with E-state index in [1.165, 1.54) is 25.7 Å². The predicted octanol–water partition coefficient (Wildman–Crippen LogP) is 3.96. The van der Waals surface area contributed by atoms with Crippen LogP contribution in [-0.4, -0.2) is 54.2 Å². The van der Waals surface area contributed by atoms with E-state index in [1.807, 2.05) is 24.3 Å². The number of hydrogen-bond acceptors (Lipinski definition) is 3. The van der Waals surface area contributed by atoms with E-state index >= 15 is 0 Å². The maximum atomic E-state index is 13.2. The quantitative estimate of drug-likeness (QED) is 0.794. The number of fused-ring (bicyclic) bond motifs is 1. The second kappa shape index (κ2) is 9.10. The zero-order valence-corrected chi connectivity index (χ0v) is 17.0. The van der Waals surface area contributed by atoms with E-state index in [1.54, 1.807) is 0 Å². The Kier molecular flexibility index (Phi) is 6.33. The molecule has 2 atom stereocenters. The molecule has 5 heteroatoms. The van der Waals surface area contributed by atoms with Crippen LogP contribution in [-0.2, 0) is 4.74 Å². The largest absolute Gasteiger partial charge is 0.381 e. The number of para-hydroxylation sites is 1. The Bertz CT molecular complexity index is 748. The highest BCUT2D eigenvalue weighted by molar-refractivity contribution is 5.98. The lowest BCUT2D eigenvalue weighted by atomic mass is 9.89. The summed E-state index contributed by atoms with van der Waals surface area (Å²) in [6, 6.07) is 10.9. The Balaban J connectivity index is 1.38. The number of ether oxygens (including phenoxy) is 1. The first kappa shape index (κ1) is 19.5. The summed E-state index contributed by atoms with van der Waals surface area (Å²) in [5.74, 6) is 0.873. The van der Waals surface area contributed by atoms with Crippen molar-refractivity contribution in [2.24, 2.45) is 5.92 Å². The molecular formula is C23H33N3O2. The Labute approximate surface area is 167 Å². The molecule has 0 radical (unpaired) electrons. The molecule has 2 heterocycles. The van der Waals surface area contributed by atoms with Crippen molar-refractivity contribution in [1.29, 1.82) is 0 Å². The van der Waals surface area contributed by atoms with E-state index in [4.69, 9.17) is 4.74 Å². The minimum absolute atomic E-state index is 0.133. The highest BCUT2D eigenvalue weighted by atomic mass is 16.5. The minimum Gasteiger partial charge on any atom is -0.381 e. The number of aromatic amines is 1.